The lowest BCUT2D eigenvalue weighted by molar-refractivity contribution is -0.124. The number of ether oxygens (including phenoxy) is 2. The third-order valence-electron chi connectivity index (χ3n) is 4.75. The van der Waals surface area contributed by atoms with E-state index in [0.29, 0.717) is 42.7 Å². The van der Waals surface area contributed by atoms with Crippen molar-refractivity contribution in [3.05, 3.63) is 23.3 Å². The number of nitrogens with zero attached hydrogens (tertiary/aromatic N) is 1. The fourth-order valence-corrected chi connectivity index (χ4v) is 3.16. The Hall–Kier alpha value is -2.32. The summed E-state index contributed by atoms with van der Waals surface area (Å²) in [6, 6.07) is 3.21. The number of carboxylic acid groups (broad SMARTS) is 1. The van der Waals surface area contributed by atoms with E-state index in [4.69, 9.17) is 9.47 Å². The van der Waals surface area contributed by atoms with Crippen LogP contribution in [-0.4, -0.2) is 67.8 Å². The number of hydrogen-bond acceptors (Lipinski definition) is 6. The first-order valence-corrected chi connectivity index (χ1v) is 8.76. The molecule has 3 rings (SSSR count). The van der Waals surface area contributed by atoms with Gasteiger partial charge >= 0.3 is 5.97 Å². The van der Waals surface area contributed by atoms with Crippen molar-refractivity contribution in [1.82, 2.24) is 15.5 Å². The van der Waals surface area contributed by atoms with Gasteiger partial charge in [0.25, 0.3) is 0 Å². The van der Waals surface area contributed by atoms with Gasteiger partial charge in [0.05, 0.1) is 25.8 Å². The second-order valence-corrected chi connectivity index (χ2v) is 6.69. The zero-order chi connectivity index (χ0) is 18.7. The largest absolute Gasteiger partial charge is 0.497 e. The zero-order valence-electron chi connectivity index (χ0n) is 15.1. The fourth-order valence-electron chi connectivity index (χ4n) is 3.16. The number of nitrogens with one attached hydrogen (secondary N) is 2. The third-order valence-corrected chi connectivity index (χ3v) is 4.75. The van der Waals surface area contributed by atoms with Crippen LogP contribution in [0.15, 0.2) is 12.1 Å². The van der Waals surface area contributed by atoms with Crippen LogP contribution in [0.1, 0.15) is 28.8 Å². The maximum absolute atomic E-state index is 12.3. The highest BCUT2D eigenvalue weighted by atomic mass is 16.5. The van der Waals surface area contributed by atoms with Gasteiger partial charge in [0.1, 0.15) is 11.5 Å². The molecule has 0 bridgehead atoms. The Balaban J connectivity index is 1.76. The summed E-state index contributed by atoms with van der Waals surface area (Å²) in [5.41, 5.74) is 0.739. The van der Waals surface area contributed by atoms with Gasteiger partial charge in [-0.3, -0.25) is 9.69 Å². The first-order valence-electron chi connectivity index (χ1n) is 8.76. The van der Waals surface area contributed by atoms with Crippen LogP contribution in [-0.2, 0) is 11.3 Å². The summed E-state index contributed by atoms with van der Waals surface area (Å²) in [4.78, 5) is 26.1. The Morgan fingerprint density at radius 3 is 2.69 bits per heavy atom. The van der Waals surface area contributed by atoms with Crippen LogP contribution in [0.5, 0.6) is 11.5 Å². The maximum Gasteiger partial charge on any atom is 0.336 e. The average molecular weight is 363 g/mol. The van der Waals surface area contributed by atoms with E-state index < -0.39 is 5.97 Å². The van der Waals surface area contributed by atoms with E-state index in [1.807, 2.05) is 0 Å². The minimum atomic E-state index is -1.03. The Morgan fingerprint density at radius 1 is 1.31 bits per heavy atom. The molecular weight excluding hydrogens is 338 g/mol. The van der Waals surface area contributed by atoms with E-state index in [1.165, 1.54) is 20.3 Å². The second-order valence-electron chi connectivity index (χ2n) is 6.69. The number of carboxylic acids is 1. The molecular formula is C18H25N3O5. The molecule has 26 heavy (non-hydrogen) atoms. The molecule has 2 fully saturated rings. The molecule has 1 aliphatic carbocycles. The zero-order valence-corrected chi connectivity index (χ0v) is 15.1. The molecule has 1 saturated heterocycles. The van der Waals surface area contributed by atoms with Crippen molar-refractivity contribution in [1.29, 1.82) is 0 Å². The number of hydrogen-bond donors (Lipinski definition) is 3. The molecule has 1 atom stereocenters. The molecule has 1 heterocycles. The Morgan fingerprint density at radius 2 is 2.08 bits per heavy atom. The first-order chi connectivity index (χ1) is 12.5. The summed E-state index contributed by atoms with van der Waals surface area (Å²) in [6.45, 7) is 2.31. The van der Waals surface area contributed by atoms with E-state index in [9.17, 15) is 14.7 Å². The lowest BCUT2D eigenvalue weighted by atomic mass is 10.0. The minimum absolute atomic E-state index is 0.0114. The standard InChI is InChI=1S/C18H25N3O5/c1-25-12-7-13(18(23)24)14(16(8-12)26-2)9-21-6-5-19-15(10-21)17(22)20-11-3-4-11/h7-8,11,15,19H,3-6,9-10H2,1-2H3,(H,20,22)(H,23,24)/t15-/m1/s1. The van der Waals surface area contributed by atoms with Gasteiger partial charge in [-0.25, -0.2) is 4.79 Å². The predicted octanol–water partition coefficient (Wildman–Crippen LogP) is 0.454. The van der Waals surface area contributed by atoms with E-state index in [2.05, 4.69) is 15.5 Å². The van der Waals surface area contributed by atoms with Crippen molar-refractivity contribution in [2.45, 2.75) is 31.5 Å². The number of methoxy groups -OCH3 is 2. The lowest BCUT2D eigenvalue weighted by Crippen LogP contribution is -2.57. The smallest absolute Gasteiger partial charge is 0.336 e. The highest BCUT2D eigenvalue weighted by Crippen LogP contribution is 2.30. The molecule has 3 N–H and O–H groups in total. The molecule has 1 aromatic rings. The SMILES string of the molecule is COc1cc(OC)c(CN2CCN[C@@H](C(=O)NC3CC3)C2)c(C(=O)O)c1. The molecule has 2 aliphatic rings. The topological polar surface area (TPSA) is 100 Å². The van der Waals surface area contributed by atoms with Crippen LogP contribution in [0.2, 0.25) is 0 Å². The van der Waals surface area contributed by atoms with Crippen LogP contribution in [0.4, 0.5) is 0 Å². The molecule has 8 nitrogen and oxygen atoms in total. The normalized spacial score (nSPS) is 20.5. The Kier molecular flexibility index (Phi) is 5.63. The highest BCUT2D eigenvalue weighted by Gasteiger charge is 2.31. The highest BCUT2D eigenvalue weighted by molar-refractivity contribution is 5.91. The average Bonchev–Trinajstić information content (AvgIpc) is 3.45. The van der Waals surface area contributed by atoms with Crippen molar-refractivity contribution in [2.75, 3.05) is 33.9 Å². The van der Waals surface area contributed by atoms with Crippen molar-refractivity contribution < 1.29 is 24.2 Å². The molecule has 1 saturated carbocycles. The van der Waals surface area contributed by atoms with Gasteiger partial charge in [0.2, 0.25) is 5.91 Å². The van der Waals surface area contributed by atoms with Crippen LogP contribution in [0, 0.1) is 0 Å². The number of rotatable bonds is 7. The van der Waals surface area contributed by atoms with Crippen molar-refractivity contribution >= 4 is 11.9 Å². The summed E-state index contributed by atoms with van der Waals surface area (Å²) >= 11 is 0. The maximum atomic E-state index is 12.3. The van der Waals surface area contributed by atoms with Crippen molar-refractivity contribution in [3.8, 4) is 11.5 Å². The summed E-state index contributed by atoms with van der Waals surface area (Å²) < 4.78 is 10.6. The molecule has 0 aromatic heterocycles. The van der Waals surface area contributed by atoms with Gasteiger partial charge in [-0.05, 0) is 18.9 Å². The minimum Gasteiger partial charge on any atom is -0.497 e. The molecule has 0 spiro atoms. The quantitative estimate of drug-likeness (QED) is 0.647. The first kappa shape index (κ1) is 18.5. The molecule has 1 aromatic carbocycles. The Labute approximate surface area is 152 Å². The second kappa shape index (κ2) is 7.92. The van der Waals surface area contributed by atoms with E-state index in [-0.39, 0.29) is 17.5 Å². The van der Waals surface area contributed by atoms with Crippen LogP contribution in [0.25, 0.3) is 0 Å². The number of piperazine rings is 1. The number of amides is 1. The Bertz CT molecular complexity index is 690. The fraction of sp³-hybridized carbons (Fsp3) is 0.556. The molecule has 0 radical (unpaired) electrons. The summed E-state index contributed by atoms with van der Waals surface area (Å²) in [7, 11) is 2.99. The van der Waals surface area contributed by atoms with Crippen LogP contribution >= 0.6 is 0 Å². The molecule has 1 aliphatic heterocycles. The number of aromatic carboxylic acids is 1. The van der Waals surface area contributed by atoms with Gasteiger partial charge in [0, 0.05) is 43.9 Å². The summed E-state index contributed by atoms with van der Waals surface area (Å²) in [6.07, 6.45) is 2.10. The van der Waals surface area contributed by atoms with Gasteiger partial charge in [-0.2, -0.15) is 0 Å². The van der Waals surface area contributed by atoms with Gasteiger partial charge in [-0.15, -0.1) is 0 Å². The van der Waals surface area contributed by atoms with Crippen LogP contribution in [0.3, 0.4) is 0 Å². The van der Waals surface area contributed by atoms with Gasteiger partial charge in [0.15, 0.2) is 0 Å². The number of benzene rings is 1. The van der Waals surface area contributed by atoms with E-state index in [0.717, 1.165) is 19.4 Å². The summed E-state index contributed by atoms with van der Waals surface area (Å²) in [5.74, 6) is -0.114. The van der Waals surface area contributed by atoms with Gasteiger partial charge < -0.3 is 25.2 Å². The van der Waals surface area contributed by atoms with Crippen molar-refractivity contribution in [3.63, 3.8) is 0 Å². The van der Waals surface area contributed by atoms with Crippen molar-refractivity contribution in [2.24, 2.45) is 0 Å². The monoisotopic (exact) mass is 363 g/mol. The molecule has 0 unspecified atom stereocenters. The van der Waals surface area contributed by atoms with Gasteiger partial charge in [-0.1, -0.05) is 0 Å². The van der Waals surface area contributed by atoms with E-state index >= 15 is 0 Å². The van der Waals surface area contributed by atoms with E-state index in [1.54, 1.807) is 6.07 Å². The van der Waals surface area contributed by atoms with Crippen LogP contribution < -0.4 is 20.1 Å². The lowest BCUT2D eigenvalue weighted by Gasteiger charge is -2.33. The molecule has 1 amide bonds. The number of carbonyl (C=O) groups is 2. The summed E-state index contributed by atoms with van der Waals surface area (Å²) in [5, 5.41) is 15.8. The third kappa shape index (κ3) is 4.25. The number of carbonyl (C=O) groups excluding carboxylic acids is 1. The molecule has 8 heteroatoms. The molecule has 142 valence electrons. The predicted molar refractivity (Wildman–Crippen MR) is 94.7 cm³/mol.